The molecule has 2 heteroatoms. The standard InChI is InChI=1S/C27H31N2/c1-26(2,3)18-11-16-9-10-17-12-19(27(4,5)6)14-21-23(17)22(16)20(13-18)24-25(21)29(8)15-28(24)7/h9-15H,1-8H3/q+1. The van der Waals surface area contributed by atoms with Gasteiger partial charge in [-0.2, -0.15) is 0 Å². The number of fused-ring (bicyclic) bond motifs is 3. The second-order valence-electron chi connectivity index (χ2n) is 10.8. The number of hydrogen-bond donors (Lipinski definition) is 0. The molecule has 0 bridgehead atoms. The molecule has 4 aromatic carbocycles. The number of hydrogen-bond acceptors (Lipinski definition) is 0. The summed E-state index contributed by atoms with van der Waals surface area (Å²) in [5.74, 6) is 0. The van der Waals surface area contributed by atoms with E-state index in [1.165, 1.54) is 54.5 Å². The fourth-order valence-electron chi connectivity index (χ4n) is 4.91. The summed E-state index contributed by atoms with van der Waals surface area (Å²) in [7, 11) is 4.35. The van der Waals surface area contributed by atoms with E-state index in [1.807, 2.05) is 0 Å². The zero-order valence-corrected chi connectivity index (χ0v) is 18.9. The van der Waals surface area contributed by atoms with Gasteiger partial charge in [0, 0.05) is 21.5 Å². The van der Waals surface area contributed by atoms with Gasteiger partial charge in [0.15, 0.2) is 11.0 Å². The average molecular weight is 384 g/mol. The molecular weight excluding hydrogens is 352 g/mol. The Bertz CT molecular complexity index is 1310. The molecule has 0 spiro atoms. The Balaban J connectivity index is 2.13. The van der Waals surface area contributed by atoms with Crippen molar-refractivity contribution in [1.82, 2.24) is 4.57 Å². The molecule has 0 N–H and O–H groups in total. The van der Waals surface area contributed by atoms with E-state index < -0.39 is 0 Å². The van der Waals surface area contributed by atoms with Crippen molar-refractivity contribution in [2.75, 3.05) is 0 Å². The van der Waals surface area contributed by atoms with Crippen LogP contribution in [0, 0.1) is 0 Å². The summed E-state index contributed by atoms with van der Waals surface area (Å²) in [6.45, 7) is 13.8. The van der Waals surface area contributed by atoms with E-state index >= 15 is 0 Å². The summed E-state index contributed by atoms with van der Waals surface area (Å²) >= 11 is 0. The molecule has 0 saturated carbocycles. The monoisotopic (exact) mass is 383 g/mol. The molecule has 0 radical (unpaired) electrons. The predicted molar refractivity (Wildman–Crippen MR) is 125 cm³/mol. The van der Waals surface area contributed by atoms with Crippen LogP contribution in [0.2, 0.25) is 0 Å². The van der Waals surface area contributed by atoms with Crippen molar-refractivity contribution in [2.24, 2.45) is 14.1 Å². The zero-order valence-electron chi connectivity index (χ0n) is 18.9. The minimum absolute atomic E-state index is 0.115. The summed E-state index contributed by atoms with van der Waals surface area (Å²) in [5.41, 5.74) is 5.67. The zero-order chi connectivity index (χ0) is 20.9. The van der Waals surface area contributed by atoms with E-state index in [0.29, 0.717) is 0 Å². The molecule has 0 saturated heterocycles. The van der Waals surface area contributed by atoms with Gasteiger partial charge in [0.25, 0.3) is 0 Å². The van der Waals surface area contributed by atoms with Crippen LogP contribution < -0.4 is 4.57 Å². The van der Waals surface area contributed by atoms with Gasteiger partial charge in [-0.15, -0.1) is 0 Å². The molecule has 0 aliphatic carbocycles. The smallest absolute Gasteiger partial charge is 0.232 e. The third-order valence-electron chi connectivity index (χ3n) is 6.55. The van der Waals surface area contributed by atoms with E-state index in [0.717, 1.165) is 0 Å². The van der Waals surface area contributed by atoms with Gasteiger partial charge in [-0.25, -0.2) is 9.13 Å². The molecule has 5 rings (SSSR count). The lowest BCUT2D eigenvalue weighted by Gasteiger charge is -2.23. The maximum atomic E-state index is 2.43. The number of imidazole rings is 1. The normalized spacial score (nSPS) is 13.5. The molecule has 0 fully saturated rings. The van der Waals surface area contributed by atoms with Gasteiger partial charge in [0.1, 0.15) is 0 Å². The van der Waals surface area contributed by atoms with Crippen molar-refractivity contribution in [3.63, 3.8) is 0 Å². The fraction of sp³-hybridized carbons (Fsp3) is 0.370. The summed E-state index contributed by atoms with van der Waals surface area (Å²) in [5, 5.41) is 8.23. The highest BCUT2D eigenvalue weighted by Crippen LogP contribution is 2.43. The van der Waals surface area contributed by atoms with Crippen molar-refractivity contribution >= 4 is 43.4 Å². The van der Waals surface area contributed by atoms with Gasteiger partial charge >= 0.3 is 0 Å². The first kappa shape index (κ1) is 18.4. The van der Waals surface area contributed by atoms with E-state index in [-0.39, 0.29) is 10.8 Å². The van der Waals surface area contributed by atoms with Crippen molar-refractivity contribution in [1.29, 1.82) is 0 Å². The van der Waals surface area contributed by atoms with Crippen molar-refractivity contribution in [2.45, 2.75) is 52.4 Å². The first-order valence-corrected chi connectivity index (χ1v) is 10.6. The second kappa shape index (κ2) is 5.50. The first-order chi connectivity index (χ1) is 13.5. The Morgan fingerprint density at radius 2 is 1.21 bits per heavy atom. The Morgan fingerprint density at radius 1 is 0.724 bits per heavy atom. The fourth-order valence-corrected chi connectivity index (χ4v) is 4.91. The second-order valence-corrected chi connectivity index (χ2v) is 10.8. The van der Waals surface area contributed by atoms with Crippen LogP contribution in [0.4, 0.5) is 0 Å². The number of aromatic nitrogens is 2. The maximum absolute atomic E-state index is 2.43. The van der Waals surface area contributed by atoms with Gasteiger partial charge in [-0.05, 0) is 44.9 Å². The molecular formula is C27H31N2+. The highest BCUT2D eigenvalue weighted by Gasteiger charge is 2.26. The Morgan fingerprint density at radius 3 is 1.72 bits per heavy atom. The van der Waals surface area contributed by atoms with Crippen LogP contribution in [0.5, 0.6) is 0 Å². The van der Waals surface area contributed by atoms with Gasteiger partial charge in [-0.1, -0.05) is 65.8 Å². The van der Waals surface area contributed by atoms with Crippen LogP contribution in [0.15, 0.2) is 42.7 Å². The minimum atomic E-state index is 0.115. The molecule has 1 heterocycles. The molecule has 0 atom stereocenters. The molecule has 29 heavy (non-hydrogen) atoms. The highest BCUT2D eigenvalue weighted by molar-refractivity contribution is 6.32. The Labute approximate surface area is 173 Å². The summed E-state index contributed by atoms with van der Waals surface area (Å²) < 4.78 is 4.59. The SMILES string of the molecule is Cn1c[n+](C)c2c3cc(C(C)(C)C)cc4ccc5cc(C(C)(C)C)cc(c5c43)c21. The van der Waals surface area contributed by atoms with Crippen LogP contribution in [0.25, 0.3) is 43.4 Å². The summed E-state index contributed by atoms with van der Waals surface area (Å²) in [6, 6.07) is 14.3. The molecule has 1 aromatic heterocycles. The predicted octanol–water partition coefficient (Wildman–Crippen LogP) is 6.50. The lowest BCUT2D eigenvalue weighted by molar-refractivity contribution is -0.644. The van der Waals surface area contributed by atoms with Crippen LogP contribution in [0.3, 0.4) is 0 Å². The van der Waals surface area contributed by atoms with E-state index in [1.54, 1.807) is 0 Å². The molecule has 0 amide bonds. The lowest BCUT2D eigenvalue weighted by atomic mass is 9.81. The van der Waals surface area contributed by atoms with Gasteiger partial charge in [0.05, 0.1) is 14.1 Å². The summed E-state index contributed by atoms with van der Waals surface area (Å²) in [4.78, 5) is 0. The van der Waals surface area contributed by atoms with Crippen LogP contribution >= 0.6 is 0 Å². The number of benzene rings is 4. The average Bonchev–Trinajstić information content (AvgIpc) is 2.92. The van der Waals surface area contributed by atoms with Gasteiger partial charge < -0.3 is 0 Å². The van der Waals surface area contributed by atoms with E-state index in [9.17, 15) is 0 Å². The molecule has 148 valence electrons. The number of rotatable bonds is 0. The molecule has 0 unspecified atom stereocenters. The summed E-state index contributed by atoms with van der Waals surface area (Å²) in [6.07, 6.45) is 2.21. The van der Waals surface area contributed by atoms with Crippen LogP contribution in [-0.2, 0) is 24.9 Å². The quantitative estimate of drug-likeness (QED) is 0.213. The van der Waals surface area contributed by atoms with Crippen molar-refractivity contribution in [3.8, 4) is 0 Å². The molecule has 5 aromatic rings. The minimum Gasteiger partial charge on any atom is -0.232 e. The van der Waals surface area contributed by atoms with Crippen molar-refractivity contribution in [3.05, 3.63) is 53.9 Å². The van der Waals surface area contributed by atoms with Gasteiger partial charge in [-0.3, -0.25) is 0 Å². The highest BCUT2D eigenvalue weighted by atomic mass is 15.1. The number of aryl methyl sites for hydroxylation is 2. The Hall–Kier alpha value is -2.61. The molecule has 2 nitrogen and oxygen atoms in total. The largest absolute Gasteiger partial charge is 0.244 e. The van der Waals surface area contributed by atoms with E-state index in [2.05, 4.69) is 107 Å². The van der Waals surface area contributed by atoms with Crippen LogP contribution in [0.1, 0.15) is 52.7 Å². The lowest BCUT2D eigenvalue weighted by Crippen LogP contribution is -2.25. The van der Waals surface area contributed by atoms with Crippen molar-refractivity contribution < 1.29 is 4.57 Å². The third-order valence-corrected chi connectivity index (χ3v) is 6.55. The molecule has 0 aliphatic rings. The maximum Gasteiger partial charge on any atom is 0.244 e. The van der Waals surface area contributed by atoms with Crippen LogP contribution in [-0.4, -0.2) is 4.57 Å². The van der Waals surface area contributed by atoms with Gasteiger partial charge in [0.2, 0.25) is 6.33 Å². The molecule has 0 aliphatic heterocycles. The van der Waals surface area contributed by atoms with E-state index in [4.69, 9.17) is 0 Å². The topological polar surface area (TPSA) is 8.81 Å². The number of nitrogens with zero attached hydrogens (tertiary/aromatic N) is 2. The third kappa shape index (κ3) is 2.51. The Kier molecular flexibility index (Phi) is 3.50. The first-order valence-electron chi connectivity index (χ1n) is 10.6.